The predicted molar refractivity (Wildman–Crippen MR) is 66.2 cm³/mol. The van der Waals surface area contributed by atoms with Crippen molar-refractivity contribution in [2.45, 2.75) is 31.3 Å². The van der Waals surface area contributed by atoms with Crippen molar-refractivity contribution in [3.8, 4) is 0 Å². The Bertz CT molecular complexity index is 204. The molecule has 5 heteroatoms. The first-order valence-electron chi connectivity index (χ1n) is 5.52. The van der Waals surface area contributed by atoms with Crippen LogP contribution in [0.2, 0.25) is 18.1 Å². The third kappa shape index (κ3) is 6.76. The number of hydrogen-bond donors (Lipinski definition) is 0. The van der Waals surface area contributed by atoms with Gasteiger partial charge in [0.1, 0.15) is 0 Å². The molecule has 94 valence electrons. The van der Waals surface area contributed by atoms with Gasteiger partial charge >= 0.3 is 5.97 Å². The standard InChI is InChI=1S/C11H22O4Si/c1-5-10(12)15-7-8-16(6-2)9-11(13-3)14-4/h5,11,16H,1,6-9H2,2-4H3. The largest absolute Gasteiger partial charge is 0.463 e. The molecule has 0 heterocycles. The minimum Gasteiger partial charge on any atom is -0.463 e. The first-order valence-corrected chi connectivity index (χ1v) is 7.97. The maximum absolute atomic E-state index is 10.8. The van der Waals surface area contributed by atoms with Crippen LogP contribution in [-0.4, -0.2) is 41.9 Å². The number of carbonyl (C=O) groups is 1. The van der Waals surface area contributed by atoms with Crippen molar-refractivity contribution >= 4 is 14.8 Å². The average molecular weight is 246 g/mol. The Hall–Kier alpha value is -0.653. The van der Waals surface area contributed by atoms with E-state index in [4.69, 9.17) is 14.2 Å². The van der Waals surface area contributed by atoms with Crippen LogP contribution in [0.3, 0.4) is 0 Å². The van der Waals surface area contributed by atoms with Crippen molar-refractivity contribution in [2.75, 3.05) is 20.8 Å². The highest BCUT2D eigenvalue weighted by molar-refractivity contribution is 6.58. The molecule has 0 amide bonds. The lowest BCUT2D eigenvalue weighted by Gasteiger charge is -2.19. The monoisotopic (exact) mass is 246 g/mol. The Morgan fingerprint density at radius 3 is 2.50 bits per heavy atom. The highest BCUT2D eigenvalue weighted by atomic mass is 28.3. The fourth-order valence-corrected chi connectivity index (χ4v) is 3.79. The summed E-state index contributed by atoms with van der Waals surface area (Å²) in [5.41, 5.74) is 0. The molecular formula is C11H22O4Si. The minimum absolute atomic E-state index is 0.119. The zero-order chi connectivity index (χ0) is 12.4. The van der Waals surface area contributed by atoms with E-state index in [9.17, 15) is 4.79 Å². The van der Waals surface area contributed by atoms with Crippen molar-refractivity contribution in [3.05, 3.63) is 12.7 Å². The van der Waals surface area contributed by atoms with E-state index in [-0.39, 0.29) is 12.3 Å². The Morgan fingerprint density at radius 2 is 2.06 bits per heavy atom. The average Bonchev–Trinajstić information content (AvgIpc) is 2.33. The van der Waals surface area contributed by atoms with Crippen molar-refractivity contribution in [2.24, 2.45) is 0 Å². The highest BCUT2D eigenvalue weighted by Crippen LogP contribution is 2.11. The minimum atomic E-state index is -0.938. The number of carbonyl (C=O) groups excluding carboxylic acids is 1. The van der Waals surface area contributed by atoms with Crippen LogP contribution in [0, 0.1) is 0 Å². The summed E-state index contributed by atoms with van der Waals surface area (Å²) in [4.78, 5) is 10.8. The van der Waals surface area contributed by atoms with Crippen molar-refractivity contribution < 1.29 is 19.0 Å². The molecule has 0 saturated carbocycles. The van der Waals surface area contributed by atoms with Crippen LogP contribution in [0.25, 0.3) is 0 Å². The van der Waals surface area contributed by atoms with Gasteiger partial charge < -0.3 is 14.2 Å². The van der Waals surface area contributed by atoms with Crippen LogP contribution >= 0.6 is 0 Å². The van der Waals surface area contributed by atoms with Gasteiger partial charge in [-0.1, -0.05) is 19.5 Å². The summed E-state index contributed by atoms with van der Waals surface area (Å²) < 4.78 is 15.3. The van der Waals surface area contributed by atoms with Crippen LogP contribution in [-0.2, 0) is 19.0 Å². The van der Waals surface area contributed by atoms with Crippen LogP contribution in [0.15, 0.2) is 12.7 Å². The SMILES string of the molecule is C=CC(=O)OCC[SiH](CC)CC(OC)OC. The third-order valence-electron chi connectivity index (χ3n) is 2.57. The summed E-state index contributed by atoms with van der Waals surface area (Å²) in [5, 5.41) is 0. The van der Waals surface area contributed by atoms with Crippen molar-refractivity contribution in [3.63, 3.8) is 0 Å². The van der Waals surface area contributed by atoms with Crippen LogP contribution in [0.4, 0.5) is 0 Å². The molecule has 1 atom stereocenters. The second-order valence-electron chi connectivity index (χ2n) is 3.57. The molecule has 0 N–H and O–H groups in total. The summed E-state index contributed by atoms with van der Waals surface area (Å²) >= 11 is 0. The van der Waals surface area contributed by atoms with Gasteiger partial charge in [0.25, 0.3) is 0 Å². The molecule has 4 nitrogen and oxygen atoms in total. The van der Waals surface area contributed by atoms with E-state index in [0.29, 0.717) is 6.61 Å². The number of esters is 1. The first-order chi connectivity index (χ1) is 7.67. The first kappa shape index (κ1) is 15.3. The molecule has 0 aromatic rings. The quantitative estimate of drug-likeness (QED) is 0.268. The molecule has 0 saturated heterocycles. The Labute approximate surface area is 99.2 Å². The molecule has 0 aliphatic heterocycles. The van der Waals surface area contributed by atoms with E-state index in [1.165, 1.54) is 6.08 Å². The van der Waals surface area contributed by atoms with Gasteiger partial charge in [0.15, 0.2) is 6.29 Å². The molecule has 16 heavy (non-hydrogen) atoms. The summed E-state index contributed by atoms with van der Waals surface area (Å²) in [6, 6.07) is 3.06. The molecule has 0 rings (SSSR count). The second kappa shape index (κ2) is 9.56. The van der Waals surface area contributed by atoms with Gasteiger partial charge in [-0.2, -0.15) is 0 Å². The summed E-state index contributed by atoms with van der Waals surface area (Å²) in [6.07, 6.45) is 1.07. The molecule has 0 radical (unpaired) electrons. The van der Waals surface area contributed by atoms with Crippen LogP contribution in [0.1, 0.15) is 6.92 Å². The lowest BCUT2D eigenvalue weighted by molar-refractivity contribution is -0.137. The van der Waals surface area contributed by atoms with E-state index in [0.717, 1.165) is 18.1 Å². The molecule has 1 unspecified atom stereocenters. The fourth-order valence-electron chi connectivity index (χ4n) is 1.43. The lowest BCUT2D eigenvalue weighted by Crippen LogP contribution is -2.24. The van der Waals surface area contributed by atoms with E-state index in [1.54, 1.807) is 14.2 Å². The maximum Gasteiger partial charge on any atom is 0.330 e. The van der Waals surface area contributed by atoms with Gasteiger partial charge in [-0.3, -0.25) is 0 Å². The molecule has 0 aromatic heterocycles. The van der Waals surface area contributed by atoms with Crippen molar-refractivity contribution in [1.29, 1.82) is 0 Å². The van der Waals surface area contributed by atoms with Crippen molar-refractivity contribution in [1.82, 2.24) is 0 Å². The van der Waals surface area contributed by atoms with E-state index >= 15 is 0 Å². The lowest BCUT2D eigenvalue weighted by atomic mass is 10.6. The number of ether oxygens (including phenoxy) is 3. The predicted octanol–water partition coefficient (Wildman–Crippen LogP) is 1.58. The third-order valence-corrected chi connectivity index (χ3v) is 5.82. The molecule has 0 spiro atoms. The summed E-state index contributed by atoms with van der Waals surface area (Å²) in [6.45, 7) is 5.99. The van der Waals surface area contributed by atoms with Gasteiger partial charge in [0.2, 0.25) is 0 Å². The van der Waals surface area contributed by atoms with E-state index in [2.05, 4.69) is 13.5 Å². The number of rotatable bonds is 9. The van der Waals surface area contributed by atoms with E-state index in [1.807, 2.05) is 0 Å². The smallest absolute Gasteiger partial charge is 0.330 e. The zero-order valence-electron chi connectivity index (χ0n) is 10.4. The van der Waals surface area contributed by atoms with Crippen LogP contribution < -0.4 is 0 Å². The molecule has 0 aromatic carbocycles. The van der Waals surface area contributed by atoms with Gasteiger partial charge in [-0.25, -0.2) is 4.79 Å². The van der Waals surface area contributed by atoms with Gasteiger partial charge in [0, 0.05) is 29.1 Å². The number of hydrogen-bond acceptors (Lipinski definition) is 4. The van der Waals surface area contributed by atoms with Gasteiger partial charge in [-0.05, 0) is 12.1 Å². The maximum atomic E-state index is 10.8. The Balaban J connectivity index is 3.82. The summed E-state index contributed by atoms with van der Waals surface area (Å²) in [7, 11) is 2.35. The molecule has 0 aliphatic rings. The van der Waals surface area contributed by atoms with Crippen LogP contribution in [0.5, 0.6) is 0 Å². The topological polar surface area (TPSA) is 44.8 Å². The summed E-state index contributed by atoms with van der Waals surface area (Å²) in [5.74, 6) is -0.348. The molecule has 0 fully saturated rings. The Morgan fingerprint density at radius 1 is 1.44 bits per heavy atom. The molecule has 0 aliphatic carbocycles. The fraction of sp³-hybridized carbons (Fsp3) is 0.727. The molecular weight excluding hydrogens is 224 g/mol. The van der Waals surface area contributed by atoms with Gasteiger partial charge in [0.05, 0.1) is 6.61 Å². The normalized spacial score (nSPS) is 12.5. The van der Waals surface area contributed by atoms with Gasteiger partial charge in [-0.15, -0.1) is 0 Å². The Kier molecular flexibility index (Phi) is 9.17. The zero-order valence-corrected chi connectivity index (χ0v) is 11.6. The second-order valence-corrected chi connectivity index (χ2v) is 7.17. The molecule has 0 bridgehead atoms. The number of methoxy groups -OCH3 is 2. The van der Waals surface area contributed by atoms with E-state index < -0.39 is 8.80 Å². The highest BCUT2D eigenvalue weighted by Gasteiger charge is 2.15.